The zero-order valence-electron chi connectivity index (χ0n) is 10.2. The van der Waals surface area contributed by atoms with Crippen LogP contribution in [0.5, 0.6) is 0 Å². The van der Waals surface area contributed by atoms with Gasteiger partial charge in [0.05, 0.1) is 0 Å². The third-order valence-electron chi connectivity index (χ3n) is 3.46. The fourth-order valence-corrected chi connectivity index (χ4v) is 2.48. The van der Waals surface area contributed by atoms with E-state index in [-0.39, 0.29) is 5.91 Å². The summed E-state index contributed by atoms with van der Waals surface area (Å²) in [5.74, 6) is 0.865. The van der Waals surface area contributed by atoms with Crippen molar-refractivity contribution in [1.29, 1.82) is 0 Å². The zero-order chi connectivity index (χ0) is 12.3. The maximum atomic E-state index is 12.1. The van der Waals surface area contributed by atoms with Gasteiger partial charge in [-0.3, -0.25) is 4.79 Å². The van der Waals surface area contributed by atoms with Crippen LogP contribution in [0.25, 0.3) is 0 Å². The number of halogens is 1. The van der Waals surface area contributed by atoms with E-state index in [0.29, 0.717) is 0 Å². The molecule has 17 heavy (non-hydrogen) atoms. The number of benzene rings is 1. The highest BCUT2D eigenvalue weighted by molar-refractivity contribution is 9.08. The van der Waals surface area contributed by atoms with E-state index in [1.54, 1.807) is 0 Å². The van der Waals surface area contributed by atoms with Crippen molar-refractivity contribution >= 4 is 21.8 Å². The first kappa shape index (κ1) is 12.6. The largest absolute Gasteiger partial charge is 0.341 e. The summed E-state index contributed by atoms with van der Waals surface area (Å²) in [5.41, 5.74) is 1.99. The third kappa shape index (κ3) is 3.09. The van der Waals surface area contributed by atoms with E-state index >= 15 is 0 Å². The van der Waals surface area contributed by atoms with Gasteiger partial charge in [-0.15, -0.1) is 0 Å². The predicted octanol–water partition coefficient (Wildman–Crippen LogP) is 3.45. The van der Waals surface area contributed by atoms with Crippen LogP contribution in [-0.2, 0) is 5.33 Å². The van der Waals surface area contributed by atoms with Crippen LogP contribution >= 0.6 is 15.9 Å². The van der Waals surface area contributed by atoms with E-state index in [9.17, 15) is 4.79 Å². The summed E-state index contributed by atoms with van der Waals surface area (Å²) >= 11 is 3.40. The number of rotatable bonds is 4. The Morgan fingerprint density at radius 1 is 1.35 bits per heavy atom. The van der Waals surface area contributed by atoms with Crippen molar-refractivity contribution in [3.05, 3.63) is 35.4 Å². The Kier molecular flexibility index (Phi) is 4.21. The number of amides is 1. The molecule has 0 bridgehead atoms. The summed E-state index contributed by atoms with van der Waals surface area (Å²) < 4.78 is 0. The molecule has 2 nitrogen and oxygen atoms in total. The lowest BCUT2D eigenvalue weighted by Gasteiger charge is -2.30. The molecule has 0 aliphatic heterocycles. The highest BCUT2D eigenvalue weighted by Gasteiger charge is 2.21. The van der Waals surface area contributed by atoms with Crippen molar-refractivity contribution in [3.8, 4) is 0 Å². The molecule has 0 unspecified atom stereocenters. The number of hydrogen-bond acceptors (Lipinski definition) is 1. The van der Waals surface area contributed by atoms with E-state index in [1.165, 1.54) is 24.8 Å². The molecule has 0 aromatic heterocycles. The van der Waals surface area contributed by atoms with Crippen molar-refractivity contribution in [3.63, 3.8) is 0 Å². The number of hydrogen-bond donors (Lipinski definition) is 0. The summed E-state index contributed by atoms with van der Waals surface area (Å²) in [6.07, 6.45) is 3.88. The minimum absolute atomic E-state index is 0.137. The van der Waals surface area contributed by atoms with Gasteiger partial charge in [0.25, 0.3) is 5.91 Å². The number of carbonyl (C=O) groups is 1. The molecule has 1 aromatic rings. The molecular weight excluding hydrogens is 278 g/mol. The van der Waals surface area contributed by atoms with Gasteiger partial charge < -0.3 is 4.90 Å². The molecule has 1 amide bonds. The monoisotopic (exact) mass is 295 g/mol. The van der Waals surface area contributed by atoms with Crippen LogP contribution in [0.1, 0.15) is 35.2 Å². The number of alkyl halides is 1. The van der Waals surface area contributed by atoms with Crippen LogP contribution in [0.2, 0.25) is 0 Å². The number of nitrogens with zero attached hydrogens (tertiary/aromatic N) is 1. The Balaban J connectivity index is 1.96. The highest BCUT2D eigenvalue weighted by Crippen LogP contribution is 2.27. The SMILES string of the molecule is CN(CC1CCC1)C(=O)c1ccc(CBr)cc1. The first-order valence-electron chi connectivity index (χ1n) is 6.11. The Hall–Kier alpha value is -0.830. The topological polar surface area (TPSA) is 20.3 Å². The molecule has 3 heteroatoms. The average Bonchev–Trinajstić information content (AvgIpc) is 2.32. The highest BCUT2D eigenvalue weighted by atomic mass is 79.9. The normalized spacial score (nSPS) is 15.4. The molecule has 2 rings (SSSR count). The van der Waals surface area contributed by atoms with Crippen LogP contribution in [0, 0.1) is 5.92 Å². The van der Waals surface area contributed by atoms with Crippen LogP contribution in [0.3, 0.4) is 0 Å². The zero-order valence-corrected chi connectivity index (χ0v) is 11.7. The van der Waals surface area contributed by atoms with E-state index in [2.05, 4.69) is 15.9 Å². The van der Waals surface area contributed by atoms with E-state index in [1.807, 2.05) is 36.2 Å². The molecule has 1 aliphatic carbocycles. The van der Waals surface area contributed by atoms with Crippen molar-refractivity contribution in [1.82, 2.24) is 4.90 Å². The Bertz CT molecular complexity index is 384. The van der Waals surface area contributed by atoms with Gasteiger partial charge in [-0.2, -0.15) is 0 Å². The smallest absolute Gasteiger partial charge is 0.253 e. The Morgan fingerprint density at radius 3 is 2.47 bits per heavy atom. The van der Waals surface area contributed by atoms with E-state index < -0.39 is 0 Å². The second-order valence-corrected chi connectivity index (χ2v) is 5.37. The van der Waals surface area contributed by atoms with Gasteiger partial charge in [-0.05, 0) is 36.5 Å². The van der Waals surface area contributed by atoms with Gasteiger partial charge in [0.2, 0.25) is 0 Å². The standard InChI is InChI=1S/C14H18BrNO/c1-16(10-12-3-2-4-12)14(17)13-7-5-11(9-15)6-8-13/h5-8,12H,2-4,9-10H2,1H3. The lowest BCUT2D eigenvalue weighted by Crippen LogP contribution is -2.34. The fourth-order valence-electron chi connectivity index (χ4n) is 2.10. The minimum atomic E-state index is 0.137. The lowest BCUT2D eigenvalue weighted by molar-refractivity contribution is 0.0745. The molecule has 0 saturated heterocycles. The van der Waals surface area contributed by atoms with Crippen molar-refractivity contribution in [2.45, 2.75) is 24.6 Å². The molecule has 1 saturated carbocycles. The van der Waals surface area contributed by atoms with Gasteiger partial charge >= 0.3 is 0 Å². The molecule has 1 aliphatic rings. The molecule has 0 spiro atoms. The maximum Gasteiger partial charge on any atom is 0.253 e. The summed E-state index contributed by atoms with van der Waals surface area (Å²) in [6, 6.07) is 7.82. The summed E-state index contributed by atoms with van der Waals surface area (Å²) in [5, 5.41) is 0.833. The van der Waals surface area contributed by atoms with Crippen LogP contribution in [0.4, 0.5) is 0 Å². The summed E-state index contributed by atoms with van der Waals surface area (Å²) in [4.78, 5) is 14.0. The third-order valence-corrected chi connectivity index (χ3v) is 4.11. The molecule has 1 aromatic carbocycles. The first-order chi connectivity index (χ1) is 8.20. The fraction of sp³-hybridized carbons (Fsp3) is 0.500. The second-order valence-electron chi connectivity index (χ2n) is 4.81. The molecule has 0 atom stereocenters. The van der Waals surface area contributed by atoms with Crippen LogP contribution in [0.15, 0.2) is 24.3 Å². The predicted molar refractivity (Wildman–Crippen MR) is 73.4 cm³/mol. The van der Waals surface area contributed by atoms with Gasteiger partial charge in [0, 0.05) is 24.5 Å². The summed E-state index contributed by atoms with van der Waals surface area (Å²) in [6.45, 7) is 0.902. The van der Waals surface area contributed by atoms with E-state index in [0.717, 1.165) is 23.4 Å². The molecular formula is C14H18BrNO. The Morgan fingerprint density at radius 2 is 2.00 bits per heavy atom. The van der Waals surface area contributed by atoms with Crippen molar-refractivity contribution in [2.24, 2.45) is 5.92 Å². The quantitative estimate of drug-likeness (QED) is 0.779. The summed E-state index contributed by atoms with van der Waals surface area (Å²) in [7, 11) is 1.90. The minimum Gasteiger partial charge on any atom is -0.341 e. The molecule has 1 fully saturated rings. The lowest BCUT2D eigenvalue weighted by atomic mass is 9.85. The Labute approximate surface area is 111 Å². The average molecular weight is 296 g/mol. The maximum absolute atomic E-state index is 12.1. The van der Waals surface area contributed by atoms with Gasteiger partial charge in [-0.25, -0.2) is 0 Å². The molecule has 92 valence electrons. The molecule has 0 radical (unpaired) electrons. The van der Waals surface area contributed by atoms with Gasteiger partial charge in [0.15, 0.2) is 0 Å². The molecule has 0 N–H and O–H groups in total. The first-order valence-corrected chi connectivity index (χ1v) is 7.23. The van der Waals surface area contributed by atoms with Gasteiger partial charge in [0.1, 0.15) is 0 Å². The second kappa shape index (κ2) is 5.67. The van der Waals surface area contributed by atoms with Crippen LogP contribution in [-0.4, -0.2) is 24.4 Å². The van der Waals surface area contributed by atoms with Gasteiger partial charge in [-0.1, -0.05) is 34.5 Å². The van der Waals surface area contributed by atoms with Crippen molar-refractivity contribution < 1.29 is 4.79 Å². The van der Waals surface area contributed by atoms with Crippen molar-refractivity contribution in [2.75, 3.05) is 13.6 Å². The van der Waals surface area contributed by atoms with E-state index in [4.69, 9.17) is 0 Å². The number of carbonyl (C=O) groups excluding carboxylic acids is 1. The molecule has 0 heterocycles. The van der Waals surface area contributed by atoms with Crippen LogP contribution < -0.4 is 0 Å².